The number of nitrogens with zero attached hydrogens (tertiary/aromatic N) is 4. The summed E-state index contributed by atoms with van der Waals surface area (Å²) >= 11 is -4.42. The predicted octanol–water partition coefficient (Wildman–Crippen LogP) is 18.8. The van der Waals surface area contributed by atoms with Crippen molar-refractivity contribution in [3.05, 3.63) is 282 Å². The molecule has 382 valence electrons. The Morgan fingerprint density at radius 2 is 0.662 bits per heavy atom. The molecule has 12 heteroatoms. The van der Waals surface area contributed by atoms with Gasteiger partial charge in [-0.25, -0.2) is 4.58 Å². The van der Waals surface area contributed by atoms with Crippen LogP contribution in [-0.4, -0.2) is 50.9 Å². The first-order chi connectivity index (χ1) is 37.3. The number of fused-ring (bicyclic) bond motifs is 2. The van der Waals surface area contributed by atoms with E-state index in [0.29, 0.717) is 0 Å². The van der Waals surface area contributed by atoms with E-state index in [4.69, 9.17) is 58.1 Å². The first-order valence-electron chi connectivity index (χ1n) is 25.3. The monoisotopic (exact) mass is 1230 g/mol. The van der Waals surface area contributed by atoms with Crippen LogP contribution in [0.1, 0.15) is 22.3 Å². The fourth-order valence-corrected chi connectivity index (χ4v) is 9.86. The summed E-state index contributed by atoms with van der Waals surface area (Å²) in [6.07, 6.45) is 17.8. The Balaban J connectivity index is 0.000000180. The van der Waals surface area contributed by atoms with Crippen LogP contribution >= 0.6 is 58.1 Å². The Kier molecular flexibility index (Phi) is 20.8. The van der Waals surface area contributed by atoms with E-state index in [1.807, 2.05) is 0 Å². The molecule has 2 heterocycles. The third-order valence-corrected chi connectivity index (χ3v) is 13.3. The van der Waals surface area contributed by atoms with Gasteiger partial charge in [0.2, 0.25) is 11.4 Å². The number of allylic oxidation sites excluding steroid dienone is 10. The van der Waals surface area contributed by atoms with Crippen molar-refractivity contribution in [2.24, 2.45) is 14.1 Å². The van der Waals surface area contributed by atoms with Crippen LogP contribution < -0.4 is 0 Å². The molecule has 2 aromatic heterocycles. The molecule has 0 unspecified atom stereocenters. The second kappa shape index (κ2) is 27.8. The molecule has 77 heavy (non-hydrogen) atoms. The minimum atomic E-state index is -2.21. The Hall–Kier alpha value is -5.61. The first-order valence-corrected chi connectivity index (χ1v) is 48.6. The van der Waals surface area contributed by atoms with Crippen LogP contribution in [-0.2, 0) is 40.1 Å². The van der Waals surface area contributed by atoms with Gasteiger partial charge in [-0.3, -0.25) is 0 Å². The quantitative estimate of drug-likeness (QED) is 0.112. The second-order valence-corrected chi connectivity index (χ2v) is 46.0. The maximum absolute atomic E-state index is 5.01. The fraction of sp³-hybridized carbons (Fsp3) is 0.0769. The molecule has 0 aliphatic heterocycles. The van der Waals surface area contributed by atoms with Gasteiger partial charge in [0, 0.05) is 83.5 Å². The molecule has 11 rings (SSSR count). The Morgan fingerprint density at radius 1 is 0.364 bits per heavy atom. The summed E-state index contributed by atoms with van der Waals surface area (Å²) in [5.41, 5.74) is 20.8. The van der Waals surface area contributed by atoms with Crippen molar-refractivity contribution >= 4 is 108 Å². The number of halogens is 6. The maximum atomic E-state index is 5.01. The number of hydrogen-bond donors (Lipinski definition) is 0. The molecule has 0 spiro atoms. The van der Waals surface area contributed by atoms with Gasteiger partial charge >= 0.3 is 84.1 Å². The molecule has 0 fully saturated rings. The number of benzene rings is 7. The van der Waals surface area contributed by atoms with E-state index in [1.165, 1.54) is 100 Å². The summed E-state index contributed by atoms with van der Waals surface area (Å²) in [7, 11) is 40.7. The molecule has 0 N–H and O–H groups in total. The molecular weight excluding hydrogens is 1180 g/mol. The molecule has 0 saturated carbocycles. The van der Waals surface area contributed by atoms with Crippen LogP contribution in [0.2, 0.25) is 0 Å². The van der Waals surface area contributed by atoms with E-state index >= 15 is 0 Å². The molecule has 0 atom stereocenters. The summed E-state index contributed by atoms with van der Waals surface area (Å²) in [5.74, 6) is 0. The molecular formula is C65H56Cl6N4Zn2. The molecule has 2 aliphatic carbocycles. The summed E-state index contributed by atoms with van der Waals surface area (Å²) in [5, 5.41) is 2.53. The van der Waals surface area contributed by atoms with Crippen LogP contribution in [0.3, 0.4) is 0 Å². The Labute approximate surface area is 487 Å². The SMILES string of the molecule is Cn1c(-c2ccccc2)c(C(=C2C=CC(=[N+](C)C)C=C2)c2ccccc2)c2ccccc21.Cn1c(-c2ccccc2)c(C(=C2C=CC(=[N+](C)c3ccccc3)C=C2)c2ccccc2)c2ccccc21.[Cl][Zn-]([Cl])[Cl].[Cl][Zn-]([Cl])[Cl]. The summed E-state index contributed by atoms with van der Waals surface area (Å²) in [6, 6.07) is 70.9. The molecule has 0 amide bonds. The second-order valence-electron chi connectivity index (χ2n) is 18.3. The third kappa shape index (κ3) is 14.2. The van der Waals surface area contributed by atoms with Crippen molar-refractivity contribution in [3.63, 3.8) is 0 Å². The van der Waals surface area contributed by atoms with E-state index in [-0.39, 0.29) is 0 Å². The van der Waals surface area contributed by atoms with Gasteiger partial charge in [0.1, 0.15) is 21.1 Å². The van der Waals surface area contributed by atoms with Crippen LogP contribution in [0.15, 0.2) is 260 Å². The van der Waals surface area contributed by atoms with Crippen LogP contribution in [0, 0.1) is 0 Å². The zero-order valence-corrected chi connectivity index (χ0v) is 54.1. The Morgan fingerprint density at radius 3 is 1.01 bits per heavy atom. The fourth-order valence-electron chi connectivity index (χ4n) is 9.86. The average molecular weight is 1240 g/mol. The van der Waals surface area contributed by atoms with Crippen molar-refractivity contribution in [1.82, 2.24) is 9.13 Å². The van der Waals surface area contributed by atoms with Gasteiger partial charge in [-0.2, -0.15) is 4.58 Å². The molecule has 7 aromatic carbocycles. The van der Waals surface area contributed by atoms with Crippen LogP contribution in [0.25, 0.3) is 55.5 Å². The van der Waals surface area contributed by atoms with Gasteiger partial charge in [-0.1, -0.05) is 176 Å². The third-order valence-electron chi connectivity index (χ3n) is 13.3. The van der Waals surface area contributed by atoms with Gasteiger partial charge in [0.25, 0.3) is 0 Å². The van der Waals surface area contributed by atoms with E-state index < -0.39 is 26.0 Å². The van der Waals surface area contributed by atoms with Crippen molar-refractivity contribution in [1.29, 1.82) is 0 Å². The first kappa shape index (κ1) is 57.6. The van der Waals surface area contributed by atoms with Gasteiger partial charge in [0.15, 0.2) is 5.71 Å². The van der Waals surface area contributed by atoms with Gasteiger partial charge < -0.3 is 9.13 Å². The van der Waals surface area contributed by atoms with Crippen molar-refractivity contribution < 1.29 is 35.1 Å². The van der Waals surface area contributed by atoms with Crippen molar-refractivity contribution in [2.45, 2.75) is 0 Å². The normalized spacial score (nSPS) is 12.3. The molecule has 0 bridgehead atoms. The Bertz CT molecular complexity index is 3690. The summed E-state index contributed by atoms with van der Waals surface area (Å²) in [6.45, 7) is 0. The number of aromatic nitrogens is 2. The summed E-state index contributed by atoms with van der Waals surface area (Å²) < 4.78 is 9.02. The number of rotatable bonds is 7. The number of para-hydroxylation sites is 3. The molecule has 4 nitrogen and oxygen atoms in total. The van der Waals surface area contributed by atoms with E-state index in [1.54, 1.807) is 0 Å². The number of aryl methyl sites for hydroxylation is 2. The minimum absolute atomic E-state index is 1.16. The zero-order valence-electron chi connectivity index (χ0n) is 43.6. The van der Waals surface area contributed by atoms with Gasteiger partial charge in [-0.15, -0.1) is 0 Å². The van der Waals surface area contributed by atoms with Crippen molar-refractivity contribution in [2.75, 3.05) is 21.1 Å². The topological polar surface area (TPSA) is 15.9 Å². The van der Waals surface area contributed by atoms with E-state index in [0.717, 1.165) is 5.71 Å². The predicted molar refractivity (Wildman–Crippen MR) is 328 cm³/mol. The van der Waals surface area contributed by atoms with Gasteiger partial charge in [-0.05, 0) is 81.0 Å². The van der Waals surface area contributed by atoms with Crippen LogP contribution in [0.5, 0.6) is 0 Å². The van der Waals surface area contributed by atoms with Gasteiger partial charge in [0.05, 0.1) is 11.4 Å². The number of hydrogen-bond acceptors (Lipinski definition) is 0. The molecule has 9 aromatic rings. The molecule has 2 aliphatic rings. The standard InChI is InChI=1S/C35H29N2.C30H27N2.6ClH.2Zn/c1-36(29-18-10-5-11-19-29)30-24-22-27(23-25-30)33(26-14-6-3-7-15-26)34-31-20-12-13-21-32(31)37(2)35(34)28-16-8-4-9-17-28;1-31(2)25-20-18-23(19-21-25)28(22-12-6-4-7-13-22)29-26-16-10-11-17-27(26)32(3)30(29)24-14-8-5-9-15-24;;;;;;;;/h3-25H,1-2H3;4-21H,1-3H3;6*1H;;/q2*+1;;;;;;;2*+2/p-6. The molecule has 0 saturated heterocycles. The molecule has 0 radical (unpaired) electrons. The van der Waals surface area contributed by atoms with E-state index in [9.17, 15) is 0 Å². The zero-order chi connectivity index (χ0) is 54.4. The van der Waals surface area contributed by atoms with Crippen LogP contribution in [0.4, 0.5) is 5.69 Å². The average Bonchev–Trinajstić information content (AvgIpc) is 4.03. The summed E-state index contributed by atoms with van der Waals surface area (Å²) in [4.78, 5) is 0. The van der Waals surface area contributed by atoms with E-state index in [2.05, 4.69) is 302 Å². The van der Waals surface area contributed by atoms with Crippen molar-refractivity contribution in [3.8, 4) is 22.5 Å².